The van der Waals surface area contributed by atoms with Gasteiger partial charge in [0, 0.05) is 6.92 Å². The Hall–Kier alpha value is -0.870. The number of carbonyl (C=O) groups excluding carboxylic acids is 1. The lowest BCUT2D eigenvalue weighted by Crippen LogP contribution is -2.44. The summed E-state index contributed by atoms with van der Waals surface area (Å²) in [6.07, 6.45) is 16.7. The molecule has 0 spiro atoms. The lowest BCUT2D eigenvalue weighted by atomic mass is 10.0. The normalized spacial score (nSPS) is 14.2. The van der Waals surface area contributed by atoms with Crippen LogP contribution < -0.4 is 5.32 Å². The zero-order chi connectivity index (χ0) is 18.9. The number of hydrogen-bond acceptors (Lipinski definition) is 3. The third kappa shape index (κ3) is 16.4. The number of nitrogens with one attached hydrogen (secondary N) is 1. The Morgan fingerprint density at radius 2 is 1.44 bits per heavy atom. The molecule has 0 saturated carbocycles. The quantitative estimate of drug-likeness (QED) is 0.285. The Morgan fingerprint density at radius 1 is 0.920 bits per heavy atom. The van der Waals surface area contributed by atoms with Crippen LogP contribution in [-0.2, 0) is 4.79 Å². The van der Waals surface area contributed by atoms with Gasteiger partial charge in [-0.15, -0.1) is 0 Å². The molecule has 0 aliphatic heterocycles. The molecule has 0 rings (SSSR count). The second-order valence-corrected chi connectivity index (χ2v) is 7.55. The molecule has 3 N–H and O–H groups in total. The van der Waals surface area contributed by atoms with Crippen molar-refractivity contribution in [2.24, 2.45) is 5.92 Å². The minimum absolute atomic E-state index is 0.221. The number of aliphatic hydroxyl groups excluding tert-OH is 2. The van der Waals surface area contributed by atoms with Crippen molar-refractivity contribution in [3.63, 3.8) is 0 Å². The molecule has 2 atom stereocenters. The van der Waals surface area contributed by atoms with Gasteiger partial charge in [-0.05, 0) is 38.0 Å². The fourth-order valence-electron chi connectivity index (χ4n) is 2.92. The van der Waals surface area contributed by atoms with Crippen molar-refractivity contribution in [3.8, 4) is 0 Å². The summed E-state index contributed by atoms with van der Waals surface area (Å²) in [5.74, 6) is 0.616. The standard InChI is InChI=1S/C21H41NO3/c1-18(2)15-13-11-9-7-5-4-6-8-10-12-14-16-21(25)20(17-23)22-19(3)24/h6,8,18,20-21,23,25H,4-5,7,9-17H2,1-3H3,(H,22,24)/b8-6+/t20-,21+/m1/s1. The average Bonchev–Trinajstić information content (AvgIpc) is 2.56. The van der Waals surface area contributed by atoms with E-state index in [1.165, 1.54) is 51.9 Å². The van der Waals surface area contributed by atoms with Gasteiger partial charge in [0.05, 0.1) is 18.8 Å². The first-order valence-corrected chi connectivity index (χ1v) is 10.2. The highest BCUT2D eigenvalue weighted by molar-refractivity contribution is 5.73. The van der Waals surface area contributed by atoms with Gasteiger partial charge in [-0.3, -0.25) is 4.79 Å². The molecule has 0 aliphatic rings. The first-order valence-electron chi connectivity index (χ1n) is 10.2. The van der Waals surface area contributed by atoms with Gasteiger partial charge in [0.1, 0.15) is 0 Å². The van der Waals surface area contributed by atoms with Gasteiger partial charge in [0.25, 0.3) is 0 Å². The smallest absolute Gasteiger partial charge is 0.217 e. The summed E-state index contributed by atoms with van der Waals surface area (Å²) in [6.45, 7) is 5.75. The Labute approximate surface area is 155 Å². The maximum Gasteiger partial charge on any atom is 0.217 e. The van der Waals surface area contributed by atoms with E-state index in [4.69, 9.17) is 0 Å². The van der Waals surface area contributed by atoms with Crippen LogP contribution in [0.1, 0.15) is 91.4 Å². The van der Waals surface area contributed by atoms with Crippen LogP contribution in [0.2, 0.25) is 0 Å². The Balaban J connectivity index is 3.47. The number of hydrogen-bond donors (Lipinski definition) is 3. The largest absolute Gasteiger partial charge is 0.394 e. The number of carbonyl (C=O) groups is 1. The topological polar surface area (TPSA) is 69.6 Å². The highest BCUT2D eigenvalue weighted by Gasteiger charge is 2.18. The van der Waals surface area contributed by atoms with E-state index in [-0.39, 0.29) is 12.5 Å². The molecular formula is C21H41NO3. The lowest BCUT2D eigenvalue weighted by Gasteiger charge is -2.21. The van der Waals surface area contributed by atoms with E-state index in [2.05, 4.69) is 31.3 Å². The van der Waals surface area contributed by atoms with E-state index < -0.39 is 12.1 Å². The molecule has 0 aliphatic carbocycles. The van der Waals surface area contributed by atoms with E-state index in [0.717, 1.165) is 25.2 Å². The van der Waals surface area contributed by atoms with E-state index in [1.807, 2.05) is 0 Å². The molecule has 0 aromatic heterocycles. The van der Waals surface area contributed by atoms with Crippen LogP contribution in [0.5, 0.6) is 0 Å². The van der Waals surface area contributed by atoms with Crippen LogP contribution in [0.15, 0.2) is 12.2 Å². The van der Waals surface area contributed by atoms with Crippen molar-refractivity contribution in [1.82, 2.24) is 5.32 Å². The van der Waals surface area contributed by atoms with Gasteiger partial charge in [-0.1, -0.05) is 64.5 Å². The summed E-state index contributed by atoms with van der Waals surface area (Å²) in [4.78, 5) is 11.0. The highest BCUT2D eigenvalue weighted by atomic mass is 16.3. The maximum atomic E-state index is 11.0. The molecule has 0 aromatic carbocycles. The predicted molar refractivity (Wildman–Crippen MR) is 105 cm³/mol. The Morgan fingerprint density at radius 3 is 2.00 bits per heavy atom. The molecule has 0 heterocycles. The molecule has 148 valence electrons. The summed E-state index contributed by atoms with van der Waals surface area (Å²) in [5.41, 5.74) is 0. The van der Waals surface area contributed by atoms with Crippen LogP contribution in [0.4, 0.5) is 0 Å². The summed E-state index contributed by atoms with van der Waals surface area (Å²) in [6, 6.07) is -0.548. The third-order valence-corrected chi connectivity index (χ3v) is 4.49. The minimum Gasteiger partial charge on any atom is -0.394 e. The molecule has 0 bridgehead atoms. The van der Waals surface area contributed by atoms with Crippen LogP contribution in [-0.4, -0.2) is 34.9 Å². The van der Waals surface area contributed by atoms with Gasteiger partial charge < -0.3 is 15.5 Å². The zero-order valence-electron chi connectivity index (χ0n) is 16.7. The lowest BCUT2D eigenvalue weighted by molar-refractivity contribution is -0.121. The molecule has 0 unspecified atom stereocenters. The average molecular weight is 356 g/mol. The van der Waals surface area contributed by atoms with Gasteiger partial charge in [0.2, 0.25) is 5.91 Å². The van der Waals surface area contributed by atoms with Crippen LogP contribution in [0, 0.1) is 5.92 Å². The summed E-state index contributed by atoms with van der Waals surface area (Å²) >= 11 is 0. The third-order valence-electron chi connectivity index (χ3n) is 4.49. The number of aliphatic hydroxyl groups is 2. The van der Waals surface area contributed by atoms with E-state index in [1.54, 1.807) is 0 Å². The van der Waals surface area contributed by atoms with Crippen molar-refractivity contribution in [2.45, 2.75) is 104 Å². The van der Waals surface area contributed by atoms with Crippen molar-refractivity contribution in [3.05, 3.63) is 12.2 Å². The predicted octanol–water partition coefficient (Wildman–Crippen LogP) is 4.35. The second kappa shape index (κ2) is 16.6. The molecule has 25 heavy (non-hydrogen) atoms. The monoisotopic (exact) mass is 355 g/mol. The highest BCUT2D eigenvalue weighted by Crippen LogP contribution is 2.12. The van der Waals surface area contributed by atoms with Gasteiger partial charge >= 0.3 is 0 Å². The van der Waals surface area contributed by atoms with Gasteiger partial charge in [-0.25, -0.2) is 0 Å². The maximum absolute atomic E-state index is 11.0. The SMILES string of the molecule is CC(=O)N[C@H](CO)[C@@H](O)CCCC/C=C/CCCCCCCC(C)C. The van der Waals surface area contributed by atoms with Crippen LogP contribution in [0.3, 0.4) is 0 Å². The summed E-state index contributed by atoms with van der Waals surface area (Å²) in [5, 5.41) is 21.7. The molecule has 1 amide bonds. The minimum atomic E-state index is -0.673. The molecule has 0 fully saturated rings. The van der Waals surface area contributed by atoms with Crippen LogP contribution in [0.25, 0.3) is 0 Å². The molecule has 0 saturated heterocycles. The van der Waals surface area contributed by atoms with Crippen LogP contribution >= 0.6 is 0 Å². The zero-order valence-corrected chi connectivity index (χ0v) is 16.7. The molecule has 0 aromatic rings. The molecule has 4 heteroatoms. The fourth-order valence-corrected chi connectivity index (χ4v) is 2.92. The van der Waals surface area contributed by atoms with E-state index >= 15 is 0 Å². The molecule has 0 radical (unpaired) electrons. The second-order valence-electron chi connectivity index (χ2n) is 7.55. The van der Waals surface area contributed by atoms with Crippen molar-refractivity contribution in [2.75, 3.05) is 6.61 Å². The van der Waals surface area contributed by atoms with Crippen molar-refractivity contribution >= 4 is 5.91 Å². The summed E-state index contributed by atoms with van der Waals surface area (Å²) < 4.78 is 0. The molecular weight excluding hydrogens is 314 g/mol. The molecule has 4 nitrogen and oxygen atoms in total. The van der Waals surface area contributed by atoms with E-state index in [0.29, 0.717) is 6.42 Å². The number of unbranched alkanes of at least 4 members (excludes halogenated alkanes) is 7. The first kappa shape index (κ1) is 24.1. The first-order chi connectivity index (χ1) is 12.0. The van der Waals surface area contributed by atoms with Crippen molar-refractivity contribution < 1.29 is 15.0 Å². The Bertz CT molecular complexity index is 342. The summed E-state index contributed by atoms with van der Waals surface area (Å²) in [7, 11) is 0. The fraction of sp³-hybridized carbons (Fsp3) is 0.857. The van der Waals surface area contributed by atoms with Crippen molar-refractivity contribution in [1.29, 1.82) is 0 Å². The van der Waals surface area contributed by atoms with Gasteiger partial charge in [0.15, 0.2) is 0 Å². The number of amides is 1. The van der Waals surface area contributed by atoms with E-state index in [9.17, 15) is 15.0 Å². The number of rotatable bonds is 16. The van der Waals surface area contributed by atoms with Gasteiger partial charge in [-0.2, -0.15) is 0 Å². The number of allylic oxidation sites excluding steroid dienone is 2. The Kier molecular flexibility index (Phi) is 16.0.